The third-order valence-electron chi connectivity index (χ3n) is 6.40. The normalized spacial score (nSPS) is 18.2. The van der Waals surface area contributed by atoms with Crippen molar-refractivity contribution in [2.24, 2.45) is 0 Å². The van der Waals surface area contributed by atoms with Crippen molar-refractivity contribution >= 4 is 17.4 Å². The summed E-state index contributed by atoms with van der Waals surface area (Å²) in [6.07, 6.45) is 5.19. The Bertz CT molecular complexity index is 1340. The number of aliphatic hydroxyl groups excluding tert-OH is 1. The third kappa shape index (κ3) is 5.00. The number of pyridine rings is 1. The van der Waals surface area contributed by atoms with Crippen LogP contribution in [0, 0.1) is 0 Å². The quantitative estimate of drug-likeness (QED) is 0.208. The second-order valence-electron chi connectivity index (χ2n) is 8.92. The largest absolute Gasteiger partial charge is 0.507 e. The average Bonchev–Trinajstić information content (AvgIpc) is 3.18. The van der Waals surface area contributed by atoms with Gasteiger partial charge in [-0.3, -0.25) is 14.6 Å². The third-order valence-corrected chi connectivity index (χ3v) is 6.40. The number of nitrogens with zero attached hydrogens (tertiary/aromatic N) is 2. The Morgan fingerprint density at radius 2 is 1.84 bits per heavy atom. The van der Waals surface area contributed by atoms with Gasteiger partial charge in [0.05, 0.1) is 18.2 Å². The van der Waals surface area contributed by atoms with Crippen molar-refractivity contribution in [3.63, 3.8) is 0 Å². The lowest BCUT2D eigenvalue weighted by Gasteiger charge is -2.26. The van der Waals surface area contributed by atoms with Gasteiger partial charge in [-0.25, -0.2) is 0 Å². The second kappa shape index (κ2) is 10.7. The minimum absolute atomic E-state index is 0.0152. The van der Waals surface area contributed by atoms with Gasteiger partial charge in [0.1, 0.15) is 24.7 Å². The van der Waals surface area contributed by atoms with Crippen molar-refractivity contribution in [2.75, 3.05) is 19.8 Å². The first-order valence-corrected chi connectivity index (χ1v) is 12.4. The Morgan fingerprint density at radius 1 is 1.05 bits per heavy atom. The number of fused-ring (bicyclic) bond motifs is 1. The molecule has 3 aromatic rings. The van der Waals surface area contributed by atoms with Crippen LogP contribution in [0.1, 0.15) is 42.5 Å². The number of hydrogen-bond donors (Lipinski definition) is 1. The molecule has 1 saturated heterocycles. The predicted molar refractivity (Wildman–Crippen MR) is 136 cm³/mol. The molecule has 8 nitrogen and oxygen atoms in total. The number of benzene rings is 2. The molecule has 0 radical (unpaired) electrons. The van der Waals surface area contributed by atoms with E-state index in [4.69, 9.17) is 14.2 Å². The number of Topliss-reactive ketones (excluding diaryl/α,β-unsaturated/α-hetero) is 1. The highest BCUT2D eigenvalue weighted by Gasteiger charge is 2.46. The minimum Gasteiger partial charge on any atom is -0.507 e. The highest BCUT2D eigenvalue weighted by Crippen LogP contribution is 2.42. The number of amides is 1. The van der Waals surface area contributed by atoms with E-state index in [-0.39, 0.29) is 17.9 Å². The van der Waals surface area contributed by atoms with Gasteiger partial charge in [-0.2, -0.15) is 0 Å². The number of ketones is 1. The molecule has 1 N–H and O–H groups in total. The molecule has 2 aromatic carbocycles. The molecule has 0 unspecified atom stereocenters. The molecule has 1 amide bonds. The first kappa shape index (κ1) is 24.4. The Hall–Kier alpha value is -4.33. The highest BCUT2D eigenvalue weighted by molar-refractivity contribution is 6.46. The van der Waals surface area contributed by atoms with Gasteiger partial charge in [0, 0.05) is 24.5 Å². The van der Waals surface area contributed by atoms with Crippen LogP contribution in [0.15, 0.2) is 72.6 Å². The van der Waals surface area contributed by atoms with Crippen LogP contribution in [0.25, 0.3) is 5.76 Å². The topological polar surface area (TPSA) is 98.2 Å². The van der Waals surface area contributed by atoms with Crippen LogP contribution in [-0.4, -0.2) is 46.5 Å². The number of ether oxygens (including phenoxy) is 3. The van der Waals surface area contributed by atoms with E-state index in [0.29, 0.717) is 48.2 Å². The molecular weight excluding hydrogens is 472 g/mol. The van der Waals surface area contributed by atoms with E-state index in [1.54, 1.807) is 42.7 Å². The fraction of sp³-hybridized carbons (Fsp3) is 0.276. The van der Waals surface area contributed by atoms with Gasteiger partial charge in [-0.15, -0.1) is 0 Å². The first-order valence-electron chi connectivity index (χ1n) is 12.4. The zero-order chi connectivity index (χ0) is 25.8. The maximum Gasteiger partial charge on any atom is 0.295 e. The van der Waals surface area contributed by atoms with E-state index in [9.17, 15) is 14.7 Å². The smallest absolute Gasteiger partial charge is 0.295 e. The Morgan fingerprint density at radius 3 is 2.62 bits per heavy atom. The summed E-state index contributed by atoms with van der Waals surface area (Å²) in [6, 6.07) is 15.1. The highest BCUT2D eigenvalue weighted by atomic mass is 16.6. The molecule has 2 aliphatic heterocycles. The maximum absolute atomic E-state index is 13.4. The molecular formula is C29H28N2O6. The Balaban J connectivity index is 1.59. The van der Waals surface area contributed by atoms with Crippen LogP contribution >= 0.6 is 0 Å². The summed E-state index contributed by atoms with van der Waals surface area (Å²) in [5.74, 6) is -0.0183. The number of carbonyl (C=O) groups excluding carboxylic acids is 2. The summed E-state index contributed by atoms with van der Waals surface area (Å²) in [4.78, 5) is 32.2. The number of unbranched alkanes of at least 4 members (excludes halogenated alkanes) is 1. The predicted octanol–water partition coefficient (Wildman–Crippen LogP) is 4.65. The Labute approximate surface area is 215 Å². The number of aromatic nitrogens is 1. The molecule has 0 bridgehead atoms. The number of aliphatic hydroxyl groups is 1. The molecule has 3 heterocycles. The summed E-state index contributed by atoms with van der Waals surface area (Å²) in [7, 11) is 0. The standard InChI is InChI=1S/C29H28N2O6/c1-2-3-13-35-22-6-4-5-20(16-22)26-25(27(32)21-7-8-23-24(17-21)37-15-14-36-23)28(33)29(34)31(26)18-19-9-11-30-12-10-19/h4-12,16-17,26,32H,2-3,13-15,18H2,1H3/t26-/m1/s1. The summed E-state index contributed by atoms with van der Waals surface area (Å²) >= 11 is 0. The van der Waals surface area contributed by atoms with Crippen LogP contribution in [-0.2, 0) is 16.1 Å². The van der Waals surface area contributed by atoms with E-state index in [1.165, 1.54) is 4.90 Å². The summed E-state index contributed by atoms with van der Waals surface area (Å²) in [5.41, 5.74) is 1.87. The SMILES string of the molecule is CCCCOc1cccc([C@@H]2C(=C(O)c3ccc4c(c3)OCCO4)C(=O)C(=O)N2Cc2ccncc2)c1. The maximum atomic E-state index is 13.4. The first-order chi connectivity index (χ1) is 18.1. The summed E-state index contributed by atoms with van der Waals surface area (Å²) in [5, 5.41) is 11.4. The summed E-state index contributed by atoms with van der Waals surface area (Å²) in [6.45, 7) is 3.66. The molecule has 1 aromatic heterocycles. The lowest BCUT2D eigenvalue weighted by Crippen LogP contribution is -2.29. The van der Waals surface area contributed by atoms with Gasteiger partial charge in [-0.1, -0.05) is 25.5 Å². The molecule has 1 fully saturated rings. The van der Waals surface area contributed by atoms with Crippen LogP contribution in [0.5, 0.6) is 17.2 Å². The minimum atomic E-state index is -0.809. The van der Waals surface area contributed by atoms with Crippen molar-refractivity contribution in [2.45, 2.75) is 32.4 Å². The van der Waals surface area contributed by atoms with Gasteiger partial charge < -0.3 is 24.2 Å². The number of hydrogen-bond acceptors (Lipinski definition) is 7. The Kier molecular flexibility index (Phi) is 7.07. The van der Waals surface area contributed by atoms with Crippen molar-refractivity contribution in [1.29, 1.82) is 0 Å². The van der Waals surface area contributed by atoms with Crippen LogP contribution in [0.4, 0.5) is 0 Å². The van der Waals surface area contributed by atoms with E-state index in [2.05, 4.69) is 11.9 Å². The molecule has 5 rings (SSSR count). The molecule has 1 atom stereocenters. The average molecular weight is 501 g/mol. The van der Waals surface area contributed by atoms with E-state index in [0.717, 1.165) is 18.4 Å². The second-order valence-corrected chi connectivity index (χ2v) is 8.92. The lowest BCUT2D eigenvalue weighted by atomic mass is 9.95. The molecule has 8 heteroatoms. The molecule has 37 heavy (non-hydrogen) atoms. The van der Waals surface area contributed by atoms with Gasteiger partial charge in [0.25, 0.3) is 11.7 Å². The lowest BCUT2D eigenvalue weighted by molar-refractivity contribution is -0.140. The van der Waals surface area contributed by atoms with Crippen LogP contribution < -0.4 is 14.2 Å². The van der Waals surface area contributed by atoms with Gasteiger partial charge in [0.15, 0.2) is 11.5 Å². The van der Waals surface area contributed by atoms with E-state index >= 15 is 0 Å². The van der Waals surface area contributed by atoms with Gasteiger partial charge in [-0.05, 0) is 60.0 Å². The molecule has 0 spiro atoms. The van der Waals surface area contributed by atoms with Crippen LogP contribution in [0.2, 0.25) is 0 Å². The van der Waals surface area contributed by atoms with Gasteiger partial charge in [0.2, 0.25) is 0 Å². The molecule has 0 saturated carbocycles. The van der Waals surface area contributed by atoms with Crippen molar-refractivity contribution in [3.8, 4) is 17.2 Å². The number of carbonyl (C=O) groups is 2. The monoisotopic (exact) mass is 500 g/mol. The summed E-state index contributed by atoms with van der Waals surface area (Å²) < 4.78 is 17.1. The van der Waals surface area contributed by atoms with E-state index < -0.39 is 17.7 Å². The number of rotatable bonds is 8. The fourth-order valence-electron chi connectivity index (χ4n) is 4.53. The van der Waals surface area contributed by atoms with Gasteiger partial charge >= 0.3 is 0 Å². The zero-order valence-corrected chi connectivity index (χ0v) is 20.6. The molecule has 190 valence electrons. The molecule has 2 aliphatic rings. The van der Waals surface area contributed by atoms with Crippen molar-refractivity contribution in [1.82, 2.24) is 9.88 Å². The van der Waals surface area contributed by atoms with Crippen molar-refractivity contribution in [3.05, 3.63) is 89.3 Å². The van der Waals surface area contributed by atoms with E-state index in [1.807, 2.05) is 24.3 Å². The zero-order valence-electron chi connectivity index (χ0n) is 20.6. The van der Waals surface area contributed by atoms with Crippen LogP contribution in [0.3, 0.4) is 0 Å². The molecule has 0 aliphatic carbocycles. The number of likely N-dealkylation sites (tertiary alicyclic amines) is 1. The fourth-order valence-corrected chi connectivity index (χ4v) is 4.53. The van der Waals surface area contributed by atoms with Crippen molar-refractivity contribution < 1.29 is 28.9 Å².